The molecule has 2 aliphatic rings. The Bertz CT molecular complexity index is 1030. The summed E-state index contributed by atoms with van der Waals surface area (Å²) in [5.41, 5.74) is 1.62. The number of piperidine rings is 2. The molecule has 4 rings (SSSR count). The van der Waals surface area contributed by atoms with Crippen molar-refractivity contribution < 1.29 is 23.5 Å². The van der Waals surface area contributed by atoms with Gasteiger partial charge in [0.15, 0.2) is 11.5 Å². The van der Waals surface area contributed by atoms with Gasteiger partial charge in [-0.15, -0.1) is 0 Å². The van der Waals surface area contributed by atoms with Gasteiger partial charge in [-0.2, -0.15) is 0 Å². The first-order valence-electron chi connectivity index (χ1n) is 12.8. The third kappa shape index (κ3) is 6.35. The van der Waals surface area contributed by atoms with Crippen LogP contribution in [-0.2, 0) is 11.2 Å². The van der Waals surface area contributed by atoms with Gasteiger partial charge < -0.3 is 24.6 Å². The Kier molecular flexibility index (Phi) is 8.80. The molecule has 0 spiro atoms. The summed E-state index contributed by atoms with van der Waals surface area (Å²) in [5, 5.41) is 3.10. The third-order valence-electron chi connectivity index (χ3n) is 7.42. The lowest BCUT2D eigenvalue weighted by molar-refractivity contribution is -0.126. The minimum Gasteiger partial charge on any atom is -0.493 e. The molecule has 0 unspecified atom stereocenters. The van der Waals surface area contributed by atoms with Crippen LogP contribution in [0.1, 0.15) is 41.6 Å². The molecule has 0 radical (unpaired) electrons. The molecule has 0 atom stereocenters. The van der Waals surface area contributed by atoms with Gasteiger partial charge in [0.25, 0.3) is 5.91 Å². The number of halogens is 1. The molecule has 0 aromatic heterocycles. The van der Waals surface area contributed by atoms with Crippen molar-refractivity contribution in [3.8, 4) is 11.5 Å². The Labute approximate surface area is 212 Å². The molecule has 2 aromatic rings. The number of ether oxygens (including phenoxy) is 2. The number of hydrogen-bond donors (Lipinski definition) is 1. The Morgan fingerprint density at radius 1 is 0.917 bits per heavy atom. The van der Waals surface area contributed by atoms with E-state index in [-0.39, 0.29) is 23.5 Å². The van der Waals surface area contributed by atoms with E-state index in [0.717, 1.165) is 50.8 Å². The second-order valence-electron chi connectivity index (χ2n) is 9.57. The van der Waals surface area contributed by atoms with Crippen molar-refractivity contribution in [3.05, 3.63) is 59.4 Å². The fourth-order valence-electron chi connectivity index (χ4n) is 5.25. The number of nitrogens with zero attached hydrogens (tertiary/aromatic N) is 2. The Morgan fingerprint density at radius 3 is 2.22 bits per heavy atom. The van der Waals surface area contributed by atoms with Gasteiger partial charge in [-0.05, 0) is 87.2 Å². The average Bonchev–Trinajstić information content (AvgIpc) is 2.93. The number of carbonyl (C=O) groups is 2. The number of benzene rings is 2. The highest BCUT2D eigenvalue weighted by molar-refractivity contribution is 5.94. The van der Waals surface area contributed by atoms with Crippen LogP contribution in [0.25, 0.3) is 0 Å². The SMILES string of the molecule is COc1ccc(CCNC(=O)C2CCN(C3CCN(C(=O)c4ccc(F)cc4)CC3)CC2)cc1OC. The van der Waals surface area contributed by atoms with Gasteiger partial charge in [0.2, 0.25) is 5.91 Å². The van der Waals surface area contributed by atoms with Crippen LogP contribution < -0.4 is 14.8 Å². The lowest BCUT2D eigenvalue weighted by Crippen LogP contribution is -2.50. The molecular weight excluding hydrogens is 461 g/mol. The Morgan fingerprint density at radius 2 is 1.58 bits per heavy atom. The lowest BCUT2D eigenvalue weighted by atomic mass is 9.92. The van der Waals surface area contributed by atoms with Gasteiger partial charge in [0, 0.05) is 37.2 Å². The van der Waals surface area contributed by atoms with Crippen LogP contribution in [0.5, 0.6) is 11.5 Å². The minimum atomic E-state index is -0.333. The highest BCUT2D eigenvalue weighted by atomic mass is 19.1. The summed E-state index contributed by atoms with van der Waals surface area (Å²) < 4.78 is 23.8. The Hall–Kier alpha value is -3.13. The van der Waals surface area contributed by atoms with Crippen molar-refractivity contribution in [2.75, 3.05) is 46.9 Å². The molecule has 0 bridgehead atoms. The molecule has 2 aromatic carbocycles. The molecule has 7 nitrogen and oxygen atoms in total. The smallest absolute Gasteiger partial charge is 0.253 e. The summed E-state index contributed by atoms with van der Waals surface area (Å²) in [7, 11) is 3.23. The molecule has 194 valence electrons. The summed E-state index contributed by atoms with van der Waals surface area (Å²) in [5.74, 6) is 1.21. The monoisotopic (exact) mass is 497 g/mol. The maximum atomic E-state index is 13.1. The van der Waals surface area contributed by atoms with Crippen molar-refractivity contribution >= 4 is 11.8 Å². The Balaban J connectivity index is 1.17. The van der Waals surface area contributed by atoms with Crippen LogP contribution in [0, 0.1) is 11.7 Å². The molecule has 2 amide bonds. The van der Waals surface area contributed by atoms with Crippen LogP contribution in [-0.4, -0.2) is 74.6 Å². The highest BCUT2D eigenvalue weighted by Crippen LogP contribution is 2.28. The predicted octanol–water partition coefficient (Wildman–Crippen LogP) is 3.52. The first-order valence-corrected chi connectivity index (χ1v) is 12.8. The van der Waals surface area contributed by atoms with E-state index in [2.05, 4.69) is 10.2 Å². The van der Waals surface area contributed by atoms with Gasteiger partial charge in [-0.25, -0.2) is 4.39 Å². The second kappa shape index (κ2) is 12.2. The van der Waals surface area contributed by atoms with Crippen LogP contribution in [0.2, 0.25) is 0 Å². The van der Waals surface area contributed by atoms with E-state index in [1.54, 1.807) is 26.4 Å². The second-order valence-corrected chi connectivity index (χ2v) is 9.57. The van der Waals surface area contributed by atoms with Gasteiger partial charge in [0.05, 0.1) is 14.2 Å². The van der Waals surface area contributed by atoms with E-state index < -0.39 is 0 Å². The van der Waals surface area contributed by atoms with Crippen LogP contribution in [0.3, 0.4) is 0 Å². The number of nitrogens with one attached hydrogen (secondary N) is 1. The quantitative estimate of drug-likeness (QED) is 0.604. The standard InChI is InChI=1S/C28H36FN3O4/c1-35-25-8-3-20(19-26(25)36-2)9-14-30-27(33)21-10-15-31(16-11-21)24-12-17-32(18-13-24)28(34)22-4-6-23(29)7-5-22/h3-8,19,21,24H,9-18H2,1-2H3,(H,30,33). The summed E-state index contributed by atoms with van der Waals surface area (Å²) >= 11 is 0. The molecule has 2 fully saturated rings. The van der Waals surface area contributed by atoms with Gasteiger partial charge in [-0.1, -0.05) is 6.07 Å². The molecule has 0 saturated carbocycles. The molecule has 8 heteroatoms. The molecule has 2 saturated heterocycles. The number of likely N-dealkylation sites (tertiary alicyclic amines) is 2. The maximum absolute atomic E-state index is 13.1. The number of carbonyl (C=O) groups excluding carboxylic acids is 2. The van der Waals surface area contributed by atoms with Crippen LogP contribution in [0.4, 0.5) is 4.39 Å². The summed E-state index contributed by atoms with van der Waals surface area (Å²) in [4.78, 5) is 29.8. The first kappa shape index (κ1) is 25.9. The molecule has 0 aliphatic carbocycles. The topological polar surface area (TPSA) is 71.1 Å². The normalized spacial score (nSPS) is 17.6. The number of methoxy groups -OCH3 is 2. The fraction of sp³-hybridized carbons (Fsp3) is 0.500. The molecule has 2 aliphatic heterocycles. The van der Waals surface area contributed by atoms with Gasteiger partial charge in [0.1, 0.15) is 5.82 Å². The largest absolute Gasteiger partial charge is 0.493 e. The molecule has 1 N–H and O–H groups in total. The van der Waals surface area contributed by atoms with Crippen molar-refractivity contribution in [3.63, 3.8) is 0 Å². The van der Waals surface area contributed by atoms with E-state index in [0.29, 0.717) is 42.7 Å². The molecule has 2 heterocycles. The average molecular weight is 498 g/mol. The number of amides is 2. The maximum Gasteiger partial charge on any atom is 0.253 e. The summed E-state index contributed by atoms with van der Waals surface area (Å²) in [6, 6.07) is 12.0. The minimum absolute atomic E-state index is 0.0306. The molecule has 36 heavy (non-hydrogen) atoms. The zero-order chi connectivity index (χ0) is 25.5. The number of hydrogen-bond acceptors (Lipinski definition) is 5. The van der Waals surface area contributed by atoms with E-state index in [4.69, 9.17) is 9.47 Å². The zero-order valence-corrected chi connectivity index (χ0v) is 21.2. The third-order valence-corrected chi connectivity index (χ3v) is 7.42. The van der Waals surface area contributed by atoms with Crippen LogP contribution >= 0.6 is 0 Å². The highest BCUT2D eigenvalue weighted by Gasteiger charge is 2.31. The zero-order valence-electron chi connectivity index (χ0n) is 21.2. The first-order chi connectivity index (χ1) is 17.5. The van der Waals surface area contributed by atoms with E-state index in [1.165, 1.54) is 12.1 Å². The van der Waals surface area contributed by atoms with E-state index in [9.17, 15) is 14.0 Å². The predicted molar refractivity (Wildman–Crippen MR) is 136 cm³/mol. The molecular formula is C28H36FN3O4. The van der Waals surface area contributed by atoms with E-state index in [1.807, 2.05) is 23.1 Å². The lowest BCUT2D eigenvalue weighted by Gasteiger charge is -2.41. The van der Waals surface area contributed by atoms with Crippen molar-refractivity contribution in [2.45, 2.75) is 38.1 Å². The fourth-order valence-corrected chi connectivity index (χ4v) is 5.25. The summed E-state index contributed by atoms with van der Waals surface area (Å²) in [6.07, 6.45) is 4.30. The summed E-state index contributed by atoms with van der Waals surface area (Å²) in [6.45, 7) is 3.82. The van der Waals surface area contributed by atoms with E-state index >= 15 is 0 Å². The van der Waals surface area contributed by atoms with Gasteiger partial charge in [-0.3, -0.25) is 9.59 Å². The number of rotatable bonds is 8. The van der Waals surface area contributed by atoms with Gasteiger partial charge >= 0.3 is 0 Å². The van der Waals surface area contributed by atoms with Crippen molar-refractivity contribution in [2.24, 2.45) is 5.92 Å². The van der Waals surface area contributed by atoms with Crippen molar-refractivity contribution in [1.82, 2.24) is 15.1 Å². The van der Waals surface area contributed by atoms with Crippen molar-refractivity contribution in [1.29, 1.82) is 0 Å². The van der Waals surface area contributed by atoms with Crippen LogP contribution in [0.15, 0.2) is 42.5 Å².